The number of piperazine rings is 1. The van der Waals surface area contributed by atoms with E-state index in [0.29, 0.717) is 18.8 Å². The van der Waals surface area contributed by atoms with Crippen molar-refractivity contribution in [3.05, 3.63) is 71.5 Å². The maximum absolute atomic E-state index is 13.0. The summed E-state index contributed by atoms with van der Waals surface area (Å²) in [6.45, 7) is 5.78. The van der Waals surface area contributed by atoms with Gasteiger partial charge in [-0.1, -0.05) is 24.3 Å². The molecule has 1 aliphatic rings. The molecule has 1 saturated heterocycles. The minimum atomic E-state index is -0.0106. The molecule has 162 valence electrons. The SMILES string of the molecule is COc1ccc(CN2CCN(C(=O)c3cc(C)n(-c4ccccc4)n3)CC2)cc1OC. The first kappa shape index (κ1) is 20.9. The smallest absolute Gasteiger partial charge is 0.274 e. The van der Waals surface area contributed by atoms with Crippen molar-refractivity contribution in [3.63, 3.8) is 0 Å². The Labute approximate surface area is 182 Å². The Kier molecular flexibility index (Phi) is 6.23. The van der Waals surface area contributed by atoms with E-state index in [1.807, 2.05) is 65.0 Å². The number of aryl methyl sites for hydroxylation is 1. The molecule has 4 rings (SSSR count). The average Bonchev–Trinajstić information content (AvgIpc) is 3.21. The van der Waals surface area contributed by atoms with Crippen LogP contribution in [0.1, 0.15) is 21.7 Å². The van der Waals surface area contributed by atoms with E-state index in [0.717, 1.165) is 48.1 Å². The van der Waals surface area contributed by atoms with E-state index in [-0.39, 0.29) is 5.91 Å². The standard InChI is InChI=1S/C24H28N4O3/c1-18-15-21(25-28(18)20-7-5-4-6-8-20)24(29)27-13-11-26(12-14-27)17-19-9-10-22(30-2)23(16-19)31-3/h4-10,15-16H,11-14,17H2,1-3H3. The predicted molar refractivity (Wildman–Crippen MR) is 119 cm³/mol. The lowest BCUT2D eigenvalue weighted by Crippen LogP contribution is -2.48. The Bertz CT molecular complexity index is 1040. The van der Waals surface area contributed by atoms with Crippen LogP contribution in [0.3, 0.4) is 0 Å². The van der Waals surface area contributed by atoms with Crippen LogP contribution >= 0.6 is 0 Å². The summed E-state index contributed by atoms with van der Waals surface area (Å²) in [5, 5.41) is 4.56. The molecule has 0 N–H and O–H groups in total. The van der Waals surface area contributed by atoms with Crippen LogP contribution < -0.4 is 9.47 Å². The summed E-state index contributed by atoms with van der Waals surface area (Å²) >= 11 is 0. The second-order valence-electron chi connectivity index (χ2n) is 7.68. The van der Waals surface area contributed by atoms with Gasteiger partial charge in [-0.05, 0) is 42.8 Å². The summed E-state index contributed by atoms with van der Waals surface area (Å²) in [5.41, 5.74) is 3.56. The van der Waals surface area contributed by atoms with Gasteiger partial charge in [-0.3, -0.25) is 9.69 Å². The van der Waals surface area contributed by atoms with Gasteiger partial charge in [0.25, 0.3) is 5.91 Å². The van der Waals surface area contributed by atoms with Crippen molar-refractivity contribution in [1.82, 2.24) is 19.6 Å². The number of hydrogen-bond donors (Lipinski definition) is 0. The quantitative estimate of drug-likeness (QED) is 0.613. The fourth-order valence-corrected chi connectivity index (χ4v) is 3.92. The maximum Gasteiger partial charge on any atom is 0.274 e. The Balaban J connectivity index is 1.37. The Morgan fingerprint density at radius 3 is 2.32 bits per heavy atom. The van der Waals surface area contributed by atoms with Gasteiger partial charge in [0.15, 0.2) is 17.2 Å². The Morgan fingerprint density at radius 1 is 0.935 bits per heavy atom. The van der Waals surface area contributed by atoms with E-state index in [1.54, 1.807) is 14.2 Å². The molecule has 1 amide bonds. The minimum Gasteiger partial charge on any atom is -0.493 e. The lowest BCUT2D eigenvalue weighted by molar-refractivity contribution is 0.0622. The highest BCUT2D eigenvalue weighted by atomic mass is 16.5. The van der Waals surface area contributed by atoms with Gasteiger partial charge in [0.05, 0.1) is 19.9 Å². The number of hydrogen-bond acceptors (Lipinski definition) is 5. The molecule has 7 nitrogen and oxygen atoms in total. The molecular weight excluding hydrogens is 392 g/mol. The molecule has 0 atom stereocenters. The highest BCUT2D eigenvalue weighted by molar-refractivity contribution is 5.92. The van der Waals surface area contributed by atoms with Crippen molar-refractivity contribution in [1.29, 1.82) is 0 Å². The summed E-state index contributed by atoms with van der Waals surface area (Å²) in [5.74, 6) is 1.45. The first-order valence-corrected chi connectivity index (χ1v) is 10.4. The monoisotopic (exact) mass is 420 g/mol. The number of carbonyl (C=O) groups excluding carboxylic acids is 1. The Morgan fingerprint density at radius 2 is 1.65 bits per heavy atom. The number of amides is 1. The zero-order valence-electron chi connectivity index (χ0n) is 18.2. The van der Waals surface area contributed by atoms with E-state index in [9.17, 15) is 4.79 Å². The first-order chi connectivity index (χ1) is 15.1. The number of methoxy groups -OCH3 is 2. The molecule has 7 heteroatoms. The third kappa shape index (κ3) is 4.56. The van der Waals surface area contributed by atoms with Crippen molar-refractivity contribution >= 4 is 5.91 Å². The van der Waals surface area contributed by atoms with Gasteiger partial charge in [0.2, 0.25) is 0 Å². The molecule has 0 saturated carbocycles. The summed E-state index contributed by atoms with van der Waals surface area (Å²) in [7, 11) is 3.28. The summed E-state index contributed by atoms with van der Waals surface area (Å²) in [6.07, 6.45) is 0. The second kappa shape index (κ2) is 9.22. The summed E-state index contributed by atoms with van der Waals surface area (Å²) in [6, 6.07) is 17.7. The number of nitrogens with zero attached hydrogens (tertiary/aromatic N) is 4. The summed E-state index contributed by atoms with van der Waals surface area (Å²) < 4.78 is 12.5. The van der Waals surface area contributed by atoms with Crippen LogP contribution in [-0.2, 0) is 6.54 Å². The molecular formula is C24H28N4O3. The first-order valence-electron chi connectivity index (χ1n) is 10.4. The van der Waals surface area contributed by atoms with Crippen molar-refractivity contribution in [2.45, 2.75) is 13.5 Å². The zero-order chi connectivity index (χ0) is 21.8. The van der Waals surface area contributed by atoms with Gasteiger partial charge in [0, 0.05) is 38.4 Å². The zero-order valence-corrected chi connectivity index (χ0v) is 18.2. The fraction of sp³-hybridized carbons (Fsp3) is 0.333. The van der Waals surface area contributed by atoms with Gasteiger partial charge in [-0.25, -0.2) is 4.68 Å². The van der Waals surface area contributed by atoms with Crippen molar-refractivity contribution in [2.24, 2.45) is 0 Å². The van der Waals surface area contributed by atoms with Gasteiger partial charge in [0.1, 0.15) is 0 Å². The van der Waals surface area contributed by atoms with E-state index in [1.165, 1.54) is 0 Å². The van der Waals surface area contributed by atoms with Gasteiger partial charge in [-0.2, -0.15) is 5.10 Å². The van der Waals surface area contributed by atoms with Crippen molar-refractivity contribution in [3.8, 4) is 17.2 Å². The lowest BCUT2D eigenvalue weighted by atomic mass is 10.1. The second-order valence-corrected chi connectivity index (χ2v) is 7.68. The fourth-order valence-electron chi connectivity index (χ4n) is 3.92. The van der Waals surface area contributed by atoms with Crippen molar-refractivity contribution in [2.75, 3.05) is 40.4 Å². The molecule has 0 aliphatic carbocycles. The minimum absolute atomic E-state index is 0.0106. The van der Waals surface area contributed by atoms with Crippen LogP contribution in [0, 0.1) is 6.92 Å². The van der Waals surface area contributed by atoms with Crippen molar-refractivity contribution < 1.29 is 14.3 Å². The molecule has 0 spiro atoms. The molecule has 0 unspecified atom stereocenters. The van der Waals surface area contributed by atoms with Gasteiger partial charge >= 0.3 is 0 Å². The summed E-state index contributed by atoms with van der Waals surface area (Å²) in [4.78, 5) is 17.3. The van der Waals surface area contributed by atoms with Crippen LogP contribution in [0.25, 0.3) is 5.69 Å². The molecule has 31 heavy (non-hydrogen) atoms. The van der Waals surface area contributed by atoms with E-state index < -0.39 is 0 Å². The number of carbonyl (C=O) groups is 1. The lowest BCUT2D eigenvalue weighted by Gasteiger charge is -2.34. The molecule has 2 aromatic carbocycles. The topological polar surface area (TPSA) is 59.8 Å². The highest BCUT2D eigenvalue weighted by Crippen LogP contribution is 2.28. The third-order valence-electron chi connectivity index (χ3n) is 5.62. The predicted octanol–water partition coefficient (Wildman–Crippen LogP) is 3.16. The Hall–Kier alpha value is -3.32. The van der Waals surface area contributed by atoms with Gasteiger partial charge in [-0.15, -0.1) is 0 Å². The molecule has 0 radical (unpaired) electrons. The number of benzene rings is 2. The molecule has 3 aromatic rings. The van der Waals surface area contributed by atoms with Crippen LogP contribution in [0.2, 0.25) is 0 Å². The van der Waals surface area contributed by atoms with E-state index >= 15 is 0 Å². The number of rotatable bonds is 6. The van der Waals surface area contributed by atoms with E-state index in [2.05, 4.69) is 16.1 Å². The normalized spacial score (nSPS) is 14.5. The average molecular weight is 421 g/mol. The molecule has 1 aromatic heterocycles. The molecule has 0 bridgehead atoms. The van der Waals surface area contributed by atoms with Crippen LogP contribution in [-0.4, -0.2) is 65.9 Å². The van der Waals surface area contributed by atoms with Crippen LogP contribution in [0.15, 0.2) is 54.6 Å². The number of para-hydroxylation sites is 1. The number of ether oxygens (including phenoxy) is 2. The largest absolute Gasteiger partial charge is 0.493 e. The maximum atomic E-state index is 13.0. The van der Waals surface area contributed by atoms with E-state index in [4.69, 9.17) is 9.47 Å². The third-order valence-corrected chi connectivity index (χ3v) is 5.62. The molecule has 1 fully saturated rings. The van der Waals surface area contributed by atoms with Crippen LogP contribution in [0.4, 0.5) is 0 Å². The number of aromatic nitrogens is 2. The molecule has 1 aliphatic heterocycles. The van der Waals surface area contributed by atoms with Crippen LogP contribution in [0.5, 0.6) is 11.5 Å². The molecule has 2 heterocycles. The van der Waals surface area contributed by atoms with Gasteiger partial charge < -0.3 is 14.4 Å². The highest BCUT2D eigenvalue weighted by Gasteiger charge is 2.24.